The topological polar surface area (TPSA) is 68.7 Å². The van der Waals surface area contributed by atoms with Gasteiger partial charge in [-0.15, -0.1) is 11.3 Å². The van der Waals surface area contributed by atoms with Crippen LogP contribution in [0.2, 0.25) is 0 Å². The lowest BCUT2D eigenvalue weighted by Gasteiger charge is -2.25. The van der Waals surface area contributed by atoms with Crippen molar-refractivity contribution in [2.24, 2.45) is 0 Å². The van der Waals surface area contributed by atoms with Crippen molar-refractivity contribution in [2.75, 3.05) is 6.61 Å². The first-order valence-electron chi connectivity index (χ1n) is 6.56. The molecule has 0 aliphatic carbocycles. The van der Waals surface area contributed by atoms with Crippen molar-refractivity contribution < 1.29 is 19.4 Å². The van der Waals surface area contributed by atoms with E-state index in [9.17, 15) is 9.90 Å². The van der Waals surface area contributed by atoms with Gasteiger partial charge in [-0.3, -0.25) is 4.79 Å². The molecule has 110 valence electrons. The second-order valence-corrected chi connectivity index (χ2v) is 6.26. The van der Waals surface area contributed by atoms with Gasteiger partial charge in [0.2, 0.25) is 0 Å². The van der Waals surface area contributed by atoms with Gasteiger partial charge >= 0.3 is 5.97 Å². The minimum atomic E-state index is -1.01. The molecular formula is C15H15NO4S. The molecule has 6 heteroatoms. The number of hydrogen-bond donors (Lipinski definition) is 1. The molecule has 1 aliphatic rings. The quantitative estimate of drug-likeness (QED) is 0.944. The molecule has 0 spiro atoms. The minimum absolute atomic E-state index is 0.303. The number of benzene rings is 1. The standard InChI is InChI=1S/C15H15NO4S/c1-15(2,14(17)18)12-8-21-13(16-12)11-7-19-9-5-3-4-6-10(9)20-11/h3-6,8,11H,7H2,1-2H3,(H,17,18). The first kappa shape index (κ1) is 13.9. The molecule has 1 atom stereocenters. The van der Waals surface area contributed by atoms with Crippen molar-refractivity contribution in [3.05, 3.63) is 40.3 Å². The van der Waals surface area contributed by atoms with E-state index in [1.165, 1.54) is 11.3 Å². The molecule has 1 unspecified atom stereocenters. The highest BCUT2D eigenvalue weighted by Crippen LogP contribution is 2.37. The number of rotatable bonds is 3. The van der Waals surface area contributed by atoms with Crippen molar-refractivity contribution in [1.29, 1.82) is 0 Å². The number of aromatic nitrogens is 1. The number of ether oxygens (including phenoxy) is 2. The van der Waals surface area contributed by atoms with Crippen LogP contribution in [0.3, 0.4) is 0 Å². The number of carbonyl (C=O) groups is 1. The Morgan fingerprint density at radius 3 is 2.81 bits per heavy atom. The highest BCUT2D eigenvalue weighted by molar-refractivity contribution is 7.09. The maximum Gasteiger partial charge on any atom is 0.315 e. The van der Waals surface area contributed by atoms with Gasteiger partial charge in [0, 0.05) is 5.38 Å². The first-order valence-corrected chi connectivity index (χ1v) is 7.44. The van der Waals surface area contributed by atoms with Gasteiger partial charge in [0.05, 0.1) is 5.69 Å². The molecule has 0 saturated carbocycles. The van der Waals surface area contributed by atoms with Crippen molar-refractivity contribution in [3.8, 4) is 11.5 Å². The van der Waals surface area contributed by atoms with E-state index in [1.807, 2.05) is 24.3 Å². The Balaban J connectivity index is 1.84. The summed E-state index contributed by atoms with van der Waals surface area (Å²) in [6, 6.07) is 7.47. The number of carboxylic acid groups (broad SMARTS) is 1. The summed E-state index contributed by atoms with van der Waals surface area (Å²) in [5, 5.41) is 11.8. The van der Waals surface area contributed by atoms with Gasteiger partial charge in [0.25, 0.3) is 0 Å². The van der Waals surface area contributed by atoms with Gasteiger partial charge in [0.1, 0.15) is 17.0 Å². The number of nitrogens with zero attached hydrogens (tertiary/aromatic N) is 1. The van der Waals surface area contributed by atoms with E-state index in [0.29, 0.717) is 18.1 Å². The van der Waals surface area contributed by atoms with Crippen molar-refractivity contribution >= 4 is 17.3 Å². The Labute approximate surface area is 126 Å². The molecule has 0 radical (unpaired) electrons. The lowest BCUT2D eigenvalue weighted by atomic mass is 9.90. The normalized spacial score (nSPS) is 17.5. The Morgan fingerprint density at radius 2 is 2.10 bits per heavy atom. The summed E-state index contributed by atoms with van der Waals surface area (Å²) in [6.45, 7) is 3.65. The molecule has 2 heterocycles. The smallest absolute Gasteiger partial charge is 0.315 e. The second kappa shape index (κ2) is 5.04. The summed E-state index contributed by atoms with van der Waals surface area (Å²) >= 11 is 1.40. The van der Waals surface area contributed by atoms with E-state index < -0.39 is 11.4 Å². The fourth-order valence-electron chi connectivity index (χ4n) is 1.97. The van der Waals surface area contributed by atoms with Gasteiger partial charge < -0.3 is 14.6 Å². The maximum absolute atomic E-state index is 11.3. The van der Waals surface area contributed by atoms with E-state index in [1.54, 1.807) is 19.2 Å². The summed E-state index contributed by atoms with van der Waals surface area (Å²) in [6.07, 6.45) is -0.303. The summed E-state index contributed by atoms with van der Waals surface area (Å²) in [5.41, 5.74) is -0.472. The lowest BCUT2D eigenvalue weighted by molar-refractivity contribution is -0.142. The van der Waals surface area contributed by atoms with E-state index in [0.717, 1.165) is 10.8 Å². The summed E-state index contributed by atoms with van der Waals surface area (Å²) in [5.74, 6) is 0.505. The zero-order chi connectivity index (χ0) is 15.0. The second-order valence-electron chi connectivity index (χ2n) is 5.37. The van der Waals surface area contributed by atoms with Crippen LogP contribution in [0.4, 0.5) is 0 Å². The van der Waals surface area contributed by atoms with Gasteiger partial charge in [-0.25, -0.2) is 4.98 Å². The SMILES string of the molecule is CC(C)(C(=O)O)c1csc(C2COc3ccccc3O2)n1. The molecule has 3 rings (SSSR count). The average molecular weight is 305 g/mol. The van der Waals surface area contributed by atoms with Crippen molar-refractivity contribution in [3.63, 3.8) is 0 Å². The van der Waals surface area contributed by atoms with Crippen LogP contribution in [-0.2, 0) is 10.2 Å². The fraction of sp³-hybridized carbons (Fsp3) is 0.333. The molecule has 1 aromatic carbocycles. The molecule has 1 aliphatic heterocycles. The number of fused-ring (bicyclic) bond motifs is 1. The highest BCUT2D eigenvalue weighted by Gasteiger charge is 2.34. The van der Waals surface area contributed by atoms with Crippen molar-refractivity contribution in [2.45, 2.75) is 25.4 Å². The van der Waals surface area contributed by atoms with Crippen LogP contribution in [0, 0.1) is 0 Å². The maximum atomic E-state index is 11.3. The van der Waals surface area contributed by atoms with Crippen molar-refractivity contribution in [1.82, 2.24) is 4.98 Å². The zero-order valence-corrected chi connectivity index (χ0v) is 12.5. The van der Waals surface area contributed by atoms with Gasteiger partial charge in [-0.1, -0.05) is 12.1 Å². The van der Waals surface area contributed by atoms with E-state index in [2.05, 4.69) is 4.98 Å². The molecule has 0 saturated heterocycles. The Morgan fingerprint density at radius 1 is 1.38 bits per heavy atom. The number of aliphatic carboxylic acids is 1. The molecule has 1 aromatic heterocycles. The molecule has 0 amide bonds. The summed E-state index contributed by atoms with van der Waals surface area (Å²) in [4.78, 5) is 15.7. The predicted molar refractivity (Wildman–Crippen MR) is 78.1 cm³/mol. The third kappa shape index (κ3) is 2.47. The van der Waals surface area contributed by atoms with E-state index in [-0.39, 0.29) is 6.10 Å². The molecule has 1 N–H and O–H groups in total. The average Bonchev–Trinajstić information content (AvgIpc) is 2.97. The van der Waals surface area contributed by atoms with Crippen LogP contribution < -0.4 is 9.47 Å². The van der Waals surface area contributed by atoms with Crippen LogP contribution in [0.5, 0.6) is 11.5 Å². The molecule has 21 heavy (non-hydrogen) atoms. The summed E-state index contributed by atoms with van der Waals surface area (Å²) in [7, 11) is 0. The van der Waals surface area contributed by atoms with Crippen LogP contribution in [0.1, 0.15) is 30.7 Å². The number of carboxylic acids is 1. The highest BCUT2D eigenvalue weighted by atomic mass is 32.1. The Bertz CT molecular complexity index is 680. The van der Waals surface area contributed by atoms with Gasteiger partial charge in [0.15, 0.2) is 17.6 Å². The zero-order valence-electron chi connectivity index (χ0n) is 11.7. The Hall–Kier alpha value is -2.08. The summed E-state index contributed by atoms with van der Waals surface area (Å²) < 4.78 is 11.5. The number of hydrogen-bond acceptors (Lipinski definition) is 5. The molecule has 0 fully saturated rings. The number of para-hydroxylation sites is 2. The molecular weight excluding hydrogens is 290 g/mol. The third-order valence-corrected chi connectivity index (χ3v) is 4.42. The molecule has 2 aromatic rings. The van der Waals surface area contributed by atoms with Crippen LogP contribution >= 0.6 is 11.3 Å². The van der Waals surface area contributed by atoms with E-state index in [4.69, 9.17) is 9.47 Å². The molecule has 0 bridgehead atoms. The van der Waals surface area contributed by atoms with Gasteiger partial charge in [-0.2, -0.15) is 0 Å². The first-order chi connectivity index (χ1) is 9.98. The Kier molecular flexibility index (Phi) is 3.33. The lowest BCUT2D eigenvalue weighted by Crippen LogP contribution is -2.29. The number of thiazole rings is 1. The van der Waals surface area contributed by atoms with Crippen LogP contribution in [-0.4, -0.2) is 22.7 Å². The monoisotopic (exact) mass is 305 g/mol. The minimum Gasteiger partial charge on any atom is -0.485 e. The van der Waals surface area contributed by atoms with E-state index >= 15 is 0 Å². The van der Waals surface area contributed by atoms with Crippen LogP contribution in [0.15, 0.2) is 29.6 Å². The fourth-order valence-corrected chi connectivity index (χ4v) is 2.97. The van der Waals surface area contributed by atoms with Gasteiger partial charge in [-0.05, 0) is 26.0 Å². The largest absolute Gasteiger partial charge is 0.485 e. The third-order valence-electron chi connectivity index (χ3n) is 3.48. The van der Waals surface area contributed by atoms with Crippen LogP contribution in [0.25, 0.3) is 0 Å². The predicted octanol–water partition coefficient (Wildman–Crippen LogP) is 3.02. The molecule has 5 nitrogen and oxygen atoms in total.